The topological polar surface area (TPSA) is 125 Å². The van der Waals surface area contributed by atoms with Crippen LogP contribution in [0.1, 0.15) is 95.6 Å². The van der Waals surface area contributed by atoms with Gasteiger partial charge in [-0.05, 0) is 25.3 Å². The first-order valence-electron chi connectivity index (χ1n) is 11.2. The maximum absolute atomic E-state index is 13.3. The monoisotopic (exact) mass is 476 g/mol. The Bertz CT molecular complexity index is 1070. The fourth-order valence-electron chi connectivity index (χ4n) is 5.44. The van der Waals surface area contributed by atoms with Gasteiger partial charge in [-0.25, -0.2) is 4.79 Å². The summed E-state index contributed by atoms with van der Waals surface area (Å²) in [6.07, 6.45) is -0.318. The number of hydrogen-bond donors (Lipinski definition) is 1. The molecule has 0 unspecified atom stereocenters. The van der Waals surface area contributed by atoms with E-state index in [9.17, 15) is 24.3 Å². The van der Waals surface area contributed by atoms with Crippen LogP contribution in [0.15, 0.2) is 6.07 Å². The minimum absolute atomic E-state index is 0.00198. The summed E-state index contributed by atoms with van der Waals surface area (Å²) in [5, 5.41) is 11.9. The number of rotatable bonds is 4. The summed E-state index contributed by atoms with van der Waals surface area (Å²) in [7, 11) is 0. The van der Waals surface area contributed by atoms with Crippen LogP contribution in [0.4, 0.5) is 0 Å². The minimum Gasteiger partial charge on any atom is -0.463 e. The molecule has 3 rings (SSSR count). The number of aliphatic hydroxyl groups is 1. The Hall–Kier alpha value is -2.94. The van der Waals surface area contributed by atoms with Gasteiger partial charge in [0.15, 0.2) is 11.5 Å². The van der Waals surface area contributed by atoms with Crippen molar-refractivity contribution in [2.45, 2.75) is 91.5 Å². The van der Waals surface area contributed by atoms with E-state index in [2.05, 4.69) is 0 Å². The molecule has 0 bridgehead atoms. The second-order valence-electron chi connectivity index (χ2n) is 10.3. The Morgan fingerprint density at radius 1 is 1.00 bits per heavy atom. The second kappa shape index (κ2) is 8.37. The molecule has 0 saturated heterocycles. The molecule has 9 heteroatoms. The van der Waals surface area contributed by atoms with Crippen LogP contribution < -0.4 is 9.47 Å². The summed E-state index contributed by atoms with van der Waals surface area (Å²) in [5.41, 5.74) is -1.72. The van der Waals surface area contributed by atoms with Gasteiger partial charge in [0.25, 0.3) is 0 Å². The zero-order valence-electron chi connectivity index (χ0n) is 20.9. The van der Waals surface area contributed by atoms with E-state index in [1.54, 1.807) is 26.8 Å². The van der Waals surface area contributed by atoms with E-state index >= 15 is 0 Å². The zero-order chi connectivity index (χ0) is 25.8. The van der Waals surface area contributed by atoms with E-state index in [1.165, 1.54) is 20.8 Å². The third kappa shape index (κ3) is 3.96. The molecule has 0 amide bonds. The molecule has 1 N–H and O–H groups in total. The van der Waals surface area contributed by atoms with Crippen molar-refractivity contribution in [2.24, 2.45) is 5.41 Å². The molecule has 1 fully saturated rings. The largest absolute Gasteiger partial charge is 0.463 e. The van der Waals surface area contributed by atoms with Gasteiger partial charge in [-0.15, -0.1) is 0 Å². The molecule has 1 saturated carbocycles. The highest BCUT2D eigenvalue weighted by Gasteiger charge is 2.68. The molecule has 1 aliphatic carbocycles. The van der Waals surface area contributed by atoms with E-state index < -0.39 is 46.6 Å². The van der Waals surface area contributed by atoms with Crippen LogP contribution in [0.2, 0.25) is 0 Å². The van der Waals surface area contributed by atoms with Crippen molar-refractivity contribution in [3.8, 4) is 11.5 Å². The van der Waals surface area contributed by atoms with E-state index in [4.69, 9.17) is 18.9 Å². The summed E-state index contributed by atoms with van der Waals surface area (Å²) >= 11 is 0. The Kier molecular flexibility index (Phi) is 6.32. The second-order valence-corrected chi connectivity index (χ2v) is 10.3. The summed E-state index contributed by atoms with van der Waals surface area (Å²) in [6, 6.07) is 1.54. The smallest absolute Gasteiger partial charge is 0.341 e. The Morgan fingerprint density at radius 3 is 2.06 bits per heavy atom. The van der Waals surface area contributed by atoms with Gasteiger partial charge >= 0.3 is 23.9 Å². The van der Waals surface area contributed by atoms with Crippen LogP contribution in [0.5, 0.6) is 11.5 Å². The van der Waals surface area contributed by atoms with E-state index in [0.29, 0.717) is 5.56 Å². The molecule has 0 spiro atoms. The fourth-order valence-corrected chi connectivity index (χ4v) is 5.44. The lowest BCUT2D eigenvalue weighted by Gasteiger charge is -2.59. The van der Waals surface area contributed by atoms with Crippen LogP contribution in [0.3, 0.4) is 0 Å². The molecule has 2 aliphatic rings. The Morgan fingerprint density at radius 2 is 1.56 bits per heavy atom. The molecule has 0 radical (unpaired) electrons. The number of carbonyl (C=O) groups is 4. The number of carbonyl (C=O) groups excluding carboxylic acids is 4. The van der Waals surface area contributed by atoms with Crippen molar-refractivity contribution in [3.05, 3.63) is 22.8 Å². The molecule has 34 heavy (non-hydrogen) atoms. The van der Waals surface area contributed by atoms with Gasteiger partial charge in [0.1, 0.15) is 6.10 Å². The average molecular weight is 477 g/mol. The van der Waals surface area contributed by atoms with Gasteiger partial charge in [-0.1, -0.05) is 27.7 Å². The van der Waals surface area contributed by atoms with Gasteiger partial charge in [0, 0.05) is 43.7 Å². The first-order chi connectivity index (χ1) is 15.5. The summed E-state index contributed by atoms with van der Waals surface area (Å²) in [4.78, 5) is 49.2. The molecule has 1 aromatic carbocycles. The third-order valence-electron chi connectivity index (χ3n) is 6.76. The standard InChI is InChI=1S/C25H32O9/c1-12(2)17-9-18-19(21(33-15(5)28)20(17)32-14(4)27)24(8)11-16(31-13(3)26)10-23(6,7)25(24,30)34-22(18)29/h9,12,16,30H,10-11H2,1-8H3/t16-,24+,25+/m0/s1. The predicted molar refractivity (Wildman–Crippen MR) is 119 cm³/mol. The van der Waals surface area contributed by atoms with Gasteiger partial charge in [-0.3, -0.25) is 14.4 Å². The molecule has 186 valence electrons. The number of fused-ring (bicyclic) bond motifs is 3. The molecular formula is C25H32O9. The van der Waals surface area contributed by atoms with Gasteiger partial charge in [-0.2, -0.15) is 0 Å². The third-order valence-corrected chi connectivity index (χ3v) is 6.76. The molecular weight excluding hydrogens is 444 g/mol. The fraction of sp³-hybridized carbons (Fsp3) is 0.600. The summed E-state index contributed by atoms with van der Waals surface area (Å²) in [5.74, 6) is -5.00. The molecule has 3 atom stereocenters. The van der Waals surface area contributed by atoms with Gasteiger partial charge < -0.3 is 24.1 Å². The van der Waals surface area contributed by atoms with Crippen molar-refractivity contribution in [2.75, 3.05) is 0 Å². The maximum Gasteiger partial charge on any atom is 0.341 e. The number of esters is 4. The Labute approximate surface area is 198 Å². The van der Waals surface area contributed by atoms with Gasteiger partial charge in [0.2, 0.25) is 5.79 Å². The number of benzene rings is 1. The predicted octanol–water partition coefficient (Wildman–Crippen LogP) is 3.53. The van der Waals surface area contributed by atoms with Crippen molar-refractivity contribution < 1.29 is 43.2 Å². The number of ether oxygens (including phenoxy) is 4. The lowest BCUT2D eigenvalue weighted by Crippen LogP contribution is -2.68. The average Bonchev–Trinajstić information content (AvgIpc) is 2.64. The quantitative estimate of drug-likeness (QED) is 0.513. The Balaban J connectivity index is 2.43. The first kappa shape index (κ1) is 25.7. The zero-order valence-corrected chi connectivity index (χ0v) is 20.9. The lowest BCUT2D eigenvalue weighted by atomic mass is 9.54. The molecule has 1 heterocycles. The maximum atomic E-state index is 13.3. The number of hydrogen-bond acceptors (Lipinski definition) is 9. The van der Waals surface area contributed by atoms with Crippen LogP contribution in [0, 0.1) is 5.41 Å². The van der Waals surface area contributed by atoms with Crippen molar-refractivity contribution >= 4 is 23.9 Å². The van der Waals surface area contributed by atoms with Crippen LogP contribution in [-0.4, -0.2) is 40.9 Å². The summed E-state index contributed by atoms with van der Waals surface area (Å²) < 4.78 is 22.3. The van der Waals surface area contributed by atoms with E-state index in [-0.39, 0.29) is 41.4 Å². The molecule has 1 aromatic rings. The normalized spacial score (nSPS) is 27.2. The van der Waals surface area contributed by atoms with Crippen molar-refractivity contribution in [1.29, 1.82) is 0 Å². The van der Waals surface area contributed by atoms with Gasteiger partial charge in [0.05, 0.1) is 11.0 Å². The highest BCUT2D eigenvalue weighted by atomic mass is 16.7. The molecule has 9 nitrogen and oxygen atoms in total. The van der Waals surface area contributed by atoms with Crippen molar-refractivity contribution in [1.82, 2.24) is 0 Å². The first-order valence-corrected chi connectivity index (χ1v) is 11.2. The molecule has 1 aliphatic heterocycles. The highest BCUT2D eigenvalue weighted by molar-refractivity contribution is 5.96. The summed E-state index contributed by atoms with van der Waals surface area (Å²) in [6.45, 7) is 12.4. The van der Waals surface area contributed by atoms with Crippen LogP contribution in [0.25, 0.3) is 0 Å². The SMILES string of the molecule is CC(=O)Oc1c(C(C)C)cc2c(c1OC(C)=O)[C@@]1(C)C[C@@H](OC(C)=O)CC(C)(C)[C@@]1(O)OC2=O. The lowest BCUT2D eigenvalue weighted by molar-refractivity contribution is -0.304. The van der Waals surface area contributed by atoms with E-state index in [0.717, 1.165) is 0 Å². The molecule has 0 aromatic heterocycles. The van der Waals surface area contributed by atoms with Crippen molar-refractivity contribution in [3.63, 3.8) is 0 Å². The van der Waals surface area contributed by atoms with Crippen LogP contribution >= 0.6 is 0 Å². The minimum atomic E-state index is -2.04. The van der Waals surface area contributed by atoms with Crippen LogP contribution in [-0.2, 0) is 29.3 Å². The van der Waals surface area contributed by atoms with E-state index in [1.807, 2.05) is 13.8 Å². The highest BCUT2D eigenvalue weighted by Crippen LogP contribution is 2.62.